The lowest BCUT2D eigenvalue weighted by Crippen LogP contribution is -2.04. The minimum Gasteiger partial charge on any atom is -0.467 e. The van der Waals surface area contributed by atoms with Gasteiger partial charge in [-0.15, -0.1) is 0 Å². The third-order valence-corrected chi connectivity index (χ3v) is 3.87. The van der Waals surface area contributed by atoms with Gasteiger partial charge in [0.25, 0.3) is 0 Å². The molecule has 0 radical (unpaired) electrons. The molecule has 2 aromatic carbocycles. The molecular weight excluding hydrogens is 320 g/mol. The van der Waals surface area contributed by atoms with Crippen molar-refractivity contribution in [3.63, 3.8) is 0 Å². The van der Waals surface area contributed by atoms with Crippen molar-refractivity contribution in [3.8, 4) is 17.5 Å². The van der Waals surface area contributed by atoms with Crippen LogP contribution in [0.3, 0.4) is 0 Å². The molecule has 1 aromatic heterocycles. The van der Waals surface area contributed by atoms with Crippen molar-refractivity contribution in [3.05, 3.63) is 53.4 Å². The van der Waals surface area contributed by atoms with Gasteiger partial charge in [0.2, 0.25) is 6.79 Å². The molecule has 0 unspecified atom stereocenters. The first-order valence-electron chi connectivity index (χ1n) is 7.62. The second-order valence-corrected chi connectivity index (χ2v) is 5.41. The molecule has 4 rings (SSSR count). The Morgan fingerprint density at radius 3 is 2.88 bits per heavy atom. The Bertz CT molecular complexity index is 998. The average Bonchev–Trinajstić information content (AvgIpc) is 3.13. The summed E-state index contributed by atoms with van der Waals surface area (Å²) in [7, 11) is 1.52. The molecule has 0 fully saturated rings. The number of hydrogen-bond acceptors (Lipinski definition) is 6. The zero-order valence-corrected chi connectivity index (χ0v) is 13.4. The number of rotatable bonds is 4. The van der Waals surface area contributed by atoms with E-state index in [1.54, 1.807) is 18.2 Å². The molecule has 1 N–H and O–H groups in total. The first kappa shape index (κ1) is 15.0. The number of benzene rings is 2. The zero-order chi connectivity index (χ0) is 17.2. The van der Waals surface area contributed by atoms with Gasteiger partial charge in [0, 0.05) is 11.9 Å². The molecular formula is C18H14N4O3. The van der Waals surface area contributed by atoms with E-state index in [0.29, 0.717) is 23.6 Å². The van der Waals surface area contributed by atoms with Gasteiger partial charge in [-0.3, -0.25) is 0 Å². The third-order valence-electron chi connectivity index (χ3n) is 3.87. The Hall–Kier alpha value is -3.53. The number of nitrogens with one attached hydrogen (secondary N) is 1. The van der Waals surface area contributed by atoms with Gasteiger partial charge in [-0.1, -0.05) is 12.1 Å². The predicted octanol–water partition coefficient (Wildman–Crippen LogP) is 3.53. The lowest BCUT2D eigenvalue weighted by Gasteiger charge is -2.11. The summed E-state index contributed by atoms with van der Waals surface area (Å²) in [6.07, 6.45) is 0. The lowest BCUT2D eigenvalue weighted by molar-refractivity contribution is 0.174. The molecule has 0 saturated carbocycles. The molecule has 7 nitrogen and oxygen atoms in total. The van der Waals surface area contributed by atoms with E-state index in [1.165, 1.54) is 7.11 Å². The molecule has 0 atom stereocenters. The van der Waals surface area contributed by atoms with Crippen LogP contribution >= 0.6 is 0 Å². The fourth-order valence-corrected chi connectivity index (χ4v) is 2.63. The van der Waals surface area contributed by atoms with Crippen LogP contribution in [0.25, 0.3) is 15.7 Å². The maximum Gasteiger partial charge on any atom is 0.318 e. The maximum absolute atomic E-state index is 7.19. The van der Waals surface area contributed by atoms with Crippen LogP contribution in [0.5, 0.6) is 17.5 Å². The van der Waals surface area contributed by atoms with Crippen LogP contribution in [0.1, 0.15) is 5.56 Å². The minimum atomic E-state index is 0.249. The number of fused-ring (bicyclic) bond motifs is 2. The van der Waals surface area contributed by atoms with Crippen LogP contribution in [-0.4, -0.2) is 23.9 Å². The Morgan fingerprint density at radius 2 is 2.04 bits per heavy atom. The number of anilines is 1. The van der Waals surface area contributed by atoms with Crippen molar-refractivity contribution in [1.82, 2.24) is 9.97 Å². The topological polar surface area (TPSA) is 69.9 Å². The molecule has 3 aromatic rings. The van der Waals surface area contributed by atoms with Gasteiger partial charge in [0.05, 0.1) is 19.2 Å². The summed E-state index contributed by atoms with van der Waals surface area (Å²) in [5.41, 5.74) is 2.27. The maximum atomic E-state index is 7.19. The van der Waals surface area contributed by atoms with E-state index >= 15 is 0 Å². The number of methoxy groups -OCH3 is 1. The average molecular weight is 334 g/mol. The van der Waals surface area contributed by atoms with Gasteiger partial charge in [-0.25, -0.2) is 4.85 Å². The predicted molar refractivity (Wildman–Crippen MR) is 92.2 cm³/mol. The van der Waals surface area contributed by atoms with E-state index in [4.69, 9.17) is 20.8 Å². The first-order chi connectivity index (χ1) is 12.3. The quantitative estimate of drug-likeness (QED) is 0.736. The molecule has 7 heteroatoms. The van der Waals surface area contributed by atoms with Crippen LogP contribution in [0, 0.1) is 6.57 Å². The second-order valence-electron chi connectivity index (χ2n) is 5.41. The summed E-state index contributed by atoms with van der Waals surface area (Å²) in [6, 6.07) is 11.3. The number of hydrogen-bond donors (Lipinski definition) is 1. The van der Waals surface area contributed by atoms with Crippen LogP contribution in [0.4, 0.5) is 11.5 Å². The summed E-state index contributed by atoms with van der Waals surface area (Å²) >= 11 is 0. The van der Waals surface area contributed by atoms with Crippen molar-refractivity contribution in [1.29, 1.82) is 0 Å². The second kappa shape index (κ2) is 6.17. The van der Waals surface area contributed by atoms with E-state index in [-0.39, 0.29) is 12.8 Å². The van der Waals surface area contributed by atoms with Crippen molar-refractivity contribution in [2.75, 3.05) is 19.2 Å². The third kappa shape index (κ3) is 2.85. The van der Waals surface area contributed by atoms with Gasteiger partial charge < -0.3 is 19.5 Å². The van der Waals surface area contributed by atoms with Gasteiger partial charge in [-0.05, 0) is 29.8 Å². The largest absolute Gasteiger partial charge is 0.467 e. The number of nitrogens with zero attached hydrogens (tertiary/aromatic N) is 3. The Kier molecular flexibility index (Phi) is 3.71. The van der Waals surface area contributed by atoms with Gasteiger partial charge in [-0.2, -0.15) is 9.97 Å². The van der Waals surface area contributed by atoms with E-state index in [0.717, 1.165) is 22.4 Å². The summed E-state index contributed by atoms with van der Waals surface area (Å²) in [4.78, 5) is 12.2. The molecule has 0 aliphatic carbocycles. The van der Waals surface area contributed by atoms with Crippen molar-refractivity contribution < 1.29 is 14.2 Å². The SMILES string of the molecule is [C-]#[N+]c1ccc2nc(OC)nc(NCc3ccc4c(c3)OCO4)c2c1. The highest BCUT2D eigenvalue weighted by molar-refractivity contribution is 5.92. The molecule has 0 spiro atoms. The van der Waals surface area contributed by atoms with Crippen molar-refractivity contribution >= 4 is 22.4 Å². The van der Waals surface area contributed by atoms with Crippen LogP contribution < -0.4 is 19.5 Å². The van der Waals surface area contributed by atoms with Crippen LogP contribution in [0.15, 0.2) is 36.4 Å². The Morgan fingerprint density at radius 1 is 1.16 bits per heavy atom. The highest BCUT2D eigenvalue weighted by Gasteiger charge is 2.14. The fraction of sp³-hybridized carbons (Fsp3) is 0.167. The standard InChI is InChI=1S/C18H14N4O3/c1-19-12-4-5-14-13(8-12)17(22-18(21-14)23-2)20-9-11-3-6-15-16(7-11)25-10-24-15/h3-8H,9-10H2,2H3,(H,20,21,22). The summed E-state index contributed by atoms with van der Waals surface area (Å²) in [5.74, 6) is 2.10. The first-order valence-corrected chi connectivity index (χ1v) is 7.62. The Labute approximate surface area is 144 Å². The smallest absolute Gasteiger partial charge is 0.318 e. The van der Waals surface area contributed by atoms with E-state index in [1.807, 2.05) is 18.2 Å². The summed E-state index contributed by atoms with van der Waals surface area (Å²) in [5, 5.41) is 4.06. The van der Waals surface area contributed by atoms with E-state index in [9.17, 15) is 0 Å². The minimum absolute atomic E-state index is 0.249. The van der Waals surface area contributed by atoms with Gasteiger partial charge in [0.15, 0.2) is 17.2 Å². The number of ether oxygens (including phenoxy) is 3. The van der Waals surface area contributed by atoms with E-state index < -0.39 is 0 Å². The molecule has 124 valence electrons. The molecule has 1 aliphatic rings. The van der Waals surface area contributed by atoms with E-state index in [2.05, 4.69) is 20.1 Å². The molecule has 0 bridgehead atoms. The lowest BCUT2D eigenvalue weighted by atomic mass is 10.2. The molecule has 1 aliphatic heterocycles. The molecule has 0 saturated heterocycles. The monoisotopic (exact) mass is 334 g/mol. The molecule has 25 heavy (non-hydrogen) atoms. The molecule has 2 heterocycles. The zero-order valence-electron chi connectivity index (χ0n) is 13.4. The van der Waals surface area contributed by atoms with Gasteiger partial charge >= 0.3 is 6.01 Å². The fourth-order valence-electron chi connectivity index (χ4n) is 2.63. The summed E-state index contributed by atoms with van der Waals surface area (Å²) < 4.78 is 15.9. The summed E-state index contributed by atoms with van der Waals surface area (Å²) in [6.45, 7) is 7.97. The van der Waals surface area contributed by atoms with Crippen molar-refractivity contribution in [2.45, 2.75) is 6.54 Å². The number of aromatic nitrogens is 2. The Balaban J connectivity index is 1.66. The normalized spacial score (nSPS) is 12.0. The van der Waals surface area contributed by atoms with Gasteiger partial charge in [0.1, 0.15) is 5.82 Å². The van der Waals surface area contributed by atoms with Crippen molar-refractivity contribution in [2.24, 2.45) is 0 Å². The van der Waals surface area contributed by atoms with Crippen LogP contribution in [-0.2, 0) is 6.54 Å². The molecule has 0 amide bonds. The van der Waals surface area contributed by atoms with Crippen LogP contribution in [0.2, 0.25) is 0 Å². The highest BCUT2D eigenvalue weighted by Crippen LogP contribution is 2.33. The highest BCUT2D eigenvalue weighted by atomic mass is 16.7.